The summed E-state index contributed by atoms with van der Waals surface area (Å²) in [7, 11) is 1.39. The van der Waals surface area contributed by atoms with E-state index in [-0.39, 0.29) is 17.3 Å². The van der Waals surface area contributed by atoms with Crippen molar-refractivity contribution in [3.8, 4) is 5.75 Å². The summed E-state index contributed by atoms with van der Waals surface area (Å²) in [5.41, 5.74) is 2.32. The number of anilines is 1. The Balaban J connectivity index is 2.10. The minimum absolute atomic E-state index is 0.102. The van der Waals surface area contributed by atoms with E-state index in [1.165, 1.54) is 31.4 Å². The van der Waals surface area contributed by atoms with Crippen LogP contribution < -0.4 is 10.1 Å². The van der Waals surface area contributed by atoms with Crippen molar-refractivity contribution in [2.45, 2.75) is 6.92 Å². The maximum absolute atomic E-state index is 12.0. The van der Waals surface area contributed by atoms with Crippen LogP contribution in [0.4, 0.5) is 11.4 Å². The number of methoxy groups -OCH3 is 1. The van der Waals surface area contributed by atoms with Gasteiger partial charge in [-0.15, -0.1) is 0 Å². The van der Waals surface area contributed by atoms with E-state index in [2.05, 4.69) is 5.32 Å². The van der Waals surface area contributed by atoms with Gasteiger partial charge in [-0.1, -0.05) is 29.8 Å². The van der Waals surface area contributed by atoms with E-state index in [9.17, 15) is 14.9 Å². The summed E-state index contributed by atoms with van der Waals surface area (Å²) in [6.07, 6.45) is 3.08. The van der Waals surface area contributed by atoms with Gasteiger partial charge in [0.1, 0.15) is 5.75 Å². The van der Waals surface area contributed by atoms with Gasteiger partial charge >= 0.3 is 0 Å². The molecule has 0 aromatic heterocycles. The Hall–Kier alpha value is -3.15. The van der Waals surface area contributed by atoms with Gasteiger partial charge in [0.15, 0.2) is 0 Å². The van der Waals surface area contributed by atoms with Gasteiger partial charge in [0, 0.05) is 12.1 Å². The molecule has 0 spiro atoms. The van der Waals surface area contributed by atoms with E-state index in [0.29, 0.717) is 5.69 Å². The summed E-state index contributed by atoms with van der Waals surface area (Å²) in [4.78, 5) is 22.2. The van der Waals surface area contributed by atoms with E-state index in [4.69, 9.17) is 4.74 Å². The predicted octanol–water partition coefficient (Wildman–Crippen LogP) is 3.56. The Bertz CT molecular complexity index is 752. The number of aryl methyl sites for hydroxylation is 1. The van der Waals surface area contributed by atoms with Crippen LogP contribution in [0.5, 0.6) is 5.75 Å². The molecule has 2 aromatic rings. The smallest absolute Gasteiger partial charge is 0.273 e. The Morgan fingerprint density at radius 2 is 1.91 bits per heavy atom. The number of rotatable bonds is 5. The lowest BCUT2D eigenvalue weighted by Crippen LogP contribution is -2.09. The second-order valence-corrected chi connectivity index (χ2v) is 4.87. The van der Waals surface area contributed by atoms with E-state index in [1.54, 1.807) is 6.08 Å². The third-order valence-corrected chi connectivity index (χ3v) is 3.16. The van der Waals surface area contributed by atoms with E-state index >= 15 is 0 Å². The molecule has 2 rings (SSSR count). The summed E-state index contributed by atoms with van der Waals surface area (Å²) >= 11 is 0. The number of carbonyl (C=O) groups is 1. The van der Waals surface area contributed by atoms with Crippen LogP contribution in [0.1, 0.15) is 11.1 Å². The number of nitrogens with zero attached hydrogens (tertiary/aromatic N) is 1. The normalized spacial score (nSPS) is 10.5. The van der Waals surface area contributed by atoms with Crippen molar-refractivity contribution in [2.24, 2.45) is 0 Å². The molecule has 0 radical (unpaired) electrons. The van der Waals surface area contributed by atoms with Crippen molar-refractivity contribution in [2.75, 3.05) is 12.4 Å². The van der Waals surface area contributed by atoms with Crippen LogP contribution >= 0.6 is 0 Å². The van der Waals surface area contributed by atoms with Crippen LogP contribution in [0.2, 0.25) is 0 Å². The van der Waals surface area contributed by atoms with Crippen LogP contribution in [-0.2, 0) is 4.79 Å². The van der Waals surface area contributed by atoms with Crippen molar-refractivity contribution >= 4 is 23.4 Å². The first-order valence-electron chi connectivity index (χ1n) is 6.88. The molecule has 0 unspecified atom stereocenters. The summed E-state index contributed by atoms with van der Waals surface area (Å²) in [5.74, 6) is -0.117. The zero-order chi connectivity index (χ0) is 16.8. The fourth-order valence-corrected chi connectivity index (χ4v) is 1.92. The van der Waals surface area contributed by atoms with Gasteiger partial charge in [0.2, 0.25) is 5.91 Å². The molecule has 0 bridgehead atoms. The monoisotopic (exact) mass is 312 g/mol. The fourth-order valence-electron chi connectivity index (χ4n) is 1.92. The molecule has 1 N–H and O–H groups in total. The lowest BCUT2D eigenvalue weighted by atomic mass is 10.1. The minimum Gasteiger partial charge on any atom is -0.494 e. The number of non-ortho nitro benzene ring substituents is 1. The van der Waals surface area contributed by atoms with Crippen molar-refractivity contribution in [1.29, 1.82) is 0 Å². The number of hydrogen-bond donors (Lipinski definition) is 1. The molecule has 0 aliphatic carbocycles. The molecule has 0 atom stereocenters. The molecular formula is C17H16N2O4. The van der Waals surface area contributed by atoms with Crippen LogP contribution in [0, 0.1) is 17.0 Å². The highest BCUT2D eigenvalue weighted by molar-refractivity contribution is 6.02. The van der Waals surface area contributed by atoms with Crippen molar-refractivity contribution in [3.63, 3.8) is 0 Å². The Labute approximate surface area is 133 Å². The highest BCUT2D eigenvalue weighted by Crippen LogP contribution is 2.28. The number of nitro groups is 1. The average Bonchev–Trinajstić information content (AvgIpc) is 2.54. The summed E-state index contributed by atoms with van der Waals surface area (Å²) in [6.45, 7) is 1.99. The first kappa shape index (κ1) is 16.2. The molecule has 118 valence electrons. The zero-order valence-electron chi connectivity index (χ0n) is 12.8. The van der Waals surface area contributed by atoms with Crippen LogP contribution in [0.3, 0.4) is 0 Å². The molecule has 6 heteroatoms. The zero-order valence-corrected chi connectivity index (χ0v) is 12.8. The van der Waals surface area contributed by atoms with Crippen molar-refractivity contribution < 1.29 is 14.5 Å². The minimum atomic E-state index is -0.522. The highest BCUT2D eigenvalue weighted by atomic mass is 16.6. The molecule has 0 aliphatic heterocycles. The maximum atomic E-state index is 12.0. The number of nitro benzene ring substituents is 1. The van der Waals surface area contributed by atoms with Gasteiger partial charge in [-0.25, -0.2) is 0 Å². The SMILES string of the molecule is COc1cc([N+](=O)[O-])ccc1NC(=O)C=Cc1ccc(C)cc1. The lowest BCUT2D eigenvalue weighted by molar-refractivity contribution is -0.384. The maximum Gasteiger partial charge on any atom is 0.273 e. The second kappa shape index (κ2) is 7.22. The highest BCUT2D eigenvalue weighted by Gasteiger charge is 2.12. The summed E-state index contributed by atoms with van der Waals surface area (Å²) < 4.78 is 5.07. The average molecular weight is 312 g/mol. The lowest BCUT2D eigenvalue weighted by Gasteiger charge is -2.08. The Morgan fingerprint density at radius 3 is 2.52 bits per heavy atom. The predicted molar refractivity (Wildman–Crippen MR) is 88.5 cm³/mol. The molecule has 6 nitrogen and oxygen atoms in total. The van der Waals surface area contributed by atoms with Gasteiger partial charge in [-0.3, -0.25) is 14.9 Å². The molecule has 0 saturated carbocycles. The van der Waals surface area contributed by atoms with Crippen molar-refractivity contribution in [1.82, 2.24) is 0 Å². The third-order valence-electron chi connectivity index (χ3n) is 3.16. The first-order valence-corrected chi connectivity index (χ1v) is 6.88. The van der Waals surface area contributed by atoms with Crippen molar-refractivity contribution in [3.05, 3.63) is 69.8 Å². The summed E-state index contributed by atoms with van der Waals surface area (Å²) in [6, 6.07) is 11.7. The number of ether oxygens (including phenoxy) is 1. The molecule has 1 amide bonds. The van der Waals surface area contributed by atoms with Crippen LogP contribution in [0.25, 0.3) is 6.08 Å². The Morgan fingerprint density at radius 1 is 1.22 bits per heavy atom. The molecule has 0 fully saturated rings. The van der Waals surface area contributed by atoms with Crippen LogP contribution in [-0.4, -0.2) is 17.9 Å². The van der Waals surface area contributed by atoms with Gasteiger partial charge in [-0.05, 0) is 24.6 Å². The molecule has 0 saturated heterocycles. The van der Waals surface area contributed by atoms with Gasteiger partial charge in [0.05, 0.1) is 23.8 Å². The number of hydrogen-bond acceptors (Lipinski definition) is 4. The quantitative estimate of drug-likeness (QED) is 0.520. The molecular weight excluding hydrogens is 296 g/mol. The number of nitrogens with one attached hydrogen (secondary N) is 1. The second-order valence-electron chi connectivity index (χ2n) is 4.87. The standard InChI is InChI=1S/C17H16N2O4/c1-12-3-5-13(6-4-12)7-10-17(20)18-15-9-8-14(19(21)22)11-16(15)23-2/h3-11H,1-2H3,(H,18,20). The topological polar surface area (TPSA) is 81.5 Å². The van der Waals surface area contributed by atoms with Gasteiger partial charge in [-0.2, -0.15) is 0 Å². The summed E-state index contributed by atoms with van der Waals surface area (Å²) in [5, 5.41) is 13.4. The van der Waals surface area contributed by atoms with Crippen LogP contribution in [0.15, 0.2) is 48.5 Å². The third kappa shape index (κ3) is 4.41. The van der Waals surface area contributed by atoms with E-state index in [1.807, 2.05) is 31.2 Å². The van der Waals surface area contributed by atoms with E-state index < -0.39 is 4.92 Å². The number of benzene rings is 2. The Kier molecular flexibility index (Phi) is 5.09. The molecule has 23 heavy (non-hydrogen) atoms. The molecule has 0 aliphatic rings. The molecule has 2 aromatic carbocycles. The van der Waals surface area contributed by atoms with E-state index in [0.717, 1.165) is 11.1 Å². The fraction of sp³-hybridized carbons (Fsp3) is 0.118. The first-order chi connectivity index (χ1) is 11.0. The number of carbonyl (C=O) groups excluding carboxylic acids is 1. The largest absolute Gasteiger partial charge is 0.494 e. The van der Waals surface area contributed by atoms with Gasteiger partial charge in [0.25, 0.3) is 5.69 Å². The molecule has 0 heterocycles. The number of amides is 1. The van der Waals surface area contributed by atoms with Gasteiger partial charge < -0.3 is 10.1 Å².